The summed E-state index contributed by atoms with van der Waals surface area (Å²) >= 11 is 1.26. The lowest BCUT2D eigenvalue weighted by Crippen LogP contribution is -2.45. The Bertz CT molecular complexity index is 944. The van der Waals surface area contributed by atoms with Gasteiger partial charge >= 0.3 is 0 Å². The number of aromatic nitrogens is 1. The van der Waals surface area contributed by atoms with Crippen LogP contribution in [0, 0.1) is 12.8 Å². The molecule has 1 amide bonds. The number of nitrogens with zero attached hydrogens (tertiary/aromatic N) is 2. The summed E-state index contributed by atoms with van der Waals surface area (Å²) in [5.74, 6) is -0.00376. The fourth-order valence-electron chi connectivity index (χ4n) is 3.22. The van der Waals surface area contributed by atoms with Crippen LogP contribution in [0.3, 0.4) is 0 Å². The molecule has 3 rings (SSSR count). The van der Waals surface area contributed by atoms with E-state index in [1.807, 2.05) is 13.0 Å². The Morgan fingerprint density at radius 1 is 1.30 bits per heavy atom. The van der Waals surface area contributed by atoms with E-state index in [0.29, 0.717) is 49.2 Å². The minimum atomic E-state index is -3.55. The van der Waals surface area contributed by atoms with Crippen LogP contribution in [-0.4, -0.2) is 57.0 Å². The molecule has 2 aromatic heterocycles. The number of nitrogens with one attached hydrogen (secondary N) is 1. The van der Waals surface area contributed by atoms with Crippen molar-refractivity contribution in [2.75, 3.05) is 33.4 Å². The molecule has 3 heterocycles. The number of amides is 1. The van der Waals surface area contributed by atoms with Crippen molar-refractivity contribution in [3.05, 3.63) is 40.9 Å². The number of methoxy groups -OCH3 is 1. The smallest absolute Gasteiger partial charge is 0.252 e. The summed E-state index contributed by atoms with van der Waals surface area (Å²) in [5, 5.41) is 2.90. The second-order valence-corrected chi connectivity index (χ2v) is 10.6. The normalized spacial score (nSPS) is 17.6. The largest absolute Gasteiger partial charge is 0.475 e. The van der Waals surface area contributed by atoms with Crippen molar-refractivity contribution in [3.63, 3.8) is 0 Å². The first-order chi connectivity index (χ1) is 14.4. The number of carbonyl (C=O) groups is 1. The Kier molecular flexibility index (Phi) is 7.81. The van der Waals surface area contributed by atoms with Crippen LogP contribution >= 0.6 is 11.3 Å². The number of pyridine rings is 1. The van der Waals surface area contributed by atoms with Gasteiger partial charge in [-0.2, -0.15) is 4.31 Å². The summed E-state index contributed by atoms with van der Waals surface area (Å²) < 4.78 is 37.8. The van der Waals surface area contributed by atoms with Crippen LogP contribution in [0.25, 0.3) is 0 Å². The van der Waals surface area contributed by atoms with Gasteiger partial charge in [0.05, 0.1) is 12.5 Å². The summed E-state index contributed by atoms with van der Waals surface area (Å²) in [6.45, 7) is 3.76. The number of rotatable bonds is 9. The third-order valence-corrected chi connectivity index (χ3v) is 8.20. The molecular formula is C20H27N3O5S2. The number of carbonyl (C=O) groups excluding carboxylic acids is 1. The predicted molar refractivity (Wildman–Crippen MR) is 114 cm³/mol. The van der Waals surface area contributed by atoms with Crippen LogP contribution in [0.1, 0.15) is 23.3 Å². The second-order valence-electron chi connectivity index (χ2n) is 7.13. The van der Waals surface area contributed by atoms with E-state index in [9.17, 15) is 13.2 Å². The number of aryl methyl sites for hydroxylation is 1. The summed E-state index contributed by atoms with van der Waals surface area (Å²) in [4.78, 5) is 17.8. The van der Waals surface area contributed by atoms with Gasteiger partial charge in [-0.25, -0.2) is 13.4 Å². The molecule has 0 spiro atoms. The summed E-state index contributed by atoms with van der Waals surface area (Å²) in [7, 11) is -1.95. The first-order valence-electron chi connectivity index (χ1n) is 9.81. The van der Waals surface area contributed by atoms with E-state index in [-0.39, 0.29) is 18.4 Å². The fraction of sp³-hybridized carbons (Fsp3) is 0.500. The Morgan fingerprint density at radius 3 is 2.80 bits per heavy atom. The third-order valence-electron chi connectivity index (χ3n) is 4.87. The zero-order valence-corrected chi connectivity index (χ0v) is 18.8. The average molecular weight is 454 g/mol. The Hall–Kier alpha value is -2.01. The SMILES string of the molecule is COCCOc1ccc(CNC(=O)C2CCCN(S(=O)(=O)c3ccc(C)s3)C2)cn1. The molecule has 1 unspecified atom stereocenters. The van der Waals surface area contributed by atoms with Crippen LogP contribution in [-0.2, 0) is 26.1 Å². The van der Waals surface area contributed by atoms with Crippen molar-refractivity contribution in [1.82, 2.24) is 14.6 Å². The van der Waals surface area contributed by atoms with Gasteiger partial charge in [0.2, 0.25) is 11.8 Å². The van der Waals surface area contributed by atoms with Crippen LogP contribution in [0.5, 0.6) is 5.88 Å². The average Bonchev–Trinajstić information content (AvgIpc) is 3.20. The molecule has 8 nitrogen and oxygen atoms in total. The molecule has 30 heavy (non-hydrogen) atoms. The molecule has 1 atom stereocenters. The Morgan fingerprint density at radius 2 is 2.13 bits per heavy atom. The van der Waals surface area contributed by atoms with E-state index >= 15 is 0 Å². The number of sulfonamides is 1. The van der Waals surface area contributed by atoms with Crippen LogP contribution in [0.4, 0.5) is 0 Å². The van der Waals surface area contributed by atoms with Gasteiger partial charge in [-0.15, -0.1) is 11.3 Å². The van der Waals surface area contributed by atoms with Crippen molar-refractivity contribution in [1.29, 1.82) is 0 Å². The first-order valence-corrected chi connectivity index (χ1v) is 12.1. The number of hydrogen-bond donors (Lipinski definition) is 1. The molecule has 164 valence electrons. The van der Waals surface area contributed by atoms with Crippen molar-refractivity contribution >= 4 is 27.3 Å². The summed E-state index contributed by atoms with van der Waals surface area (Å²) in [6.07, 6.45) is 2.99. The van der Waals surface area contributed by atoms with Crippen LogP contribution < -0.4 is 10.1 Å². The lowest BCUT2D eigenvalue weighted by molar-refractivity contribution is -0.126. The molecule has 0 radical (unpaired) electrons. The van der Waals surface area contributed by atoms with Gasteiger partial charge in [-0.05, 0) is 37.5 Å². The number of hydrogen-bond acceptors (Lipinski definition) is 7. The summed E-state index contributed by atoms with van der Waals surface area (Å²) in [5.41, 5.74) is 0.844. The minimum Gasteiger partial charge on any atom is -0.475 e. The molecule has 0 aliphatic carbocycles. The zero-order chi connectivity index (χ0) is 21.6. The minimum absolute atomic E-state index is 0.141. The maximum Gasteiger partial charge on any atom is 0.252 e. The highest BCUT2D eigenvalue weighted by Crippen LogP contribution is 2.28. The van der Waals surface area contributed by atoms with Crippen molar-refractivity contribution in [2.45, 2.75) is 30.5 Å². The van der Waals surface area contributed by atoms with E-state index in [1.165, 1.54) is 15.6 Å². The highest BCUT2D eigenvalue weighted by molar-refractivity contribution is 7.91. The fourth-order valence-corrected chi connectivity index (χ4v) is 6.18. The standard InChI is InChI=1S/C20H27N3O5S2/c1-15-5-8-19(29-15)30(25,26)23-9-3-4-17(14-23)20(24)22-13-16-6-7-18(21-12-16)28-11-10-27-2/h5-8,12,17H,3-4,9-11,13-14H2,1-2H3,(H,22,24). The van der Waals surface area contributed by atoms with E-state index in [4.69, 9.17) is 9.47 Å². The van der Waals surface area contributed by atoms with Crippen molar-refractivity contribution in [3.8, 4) is 5.88 Å². The van der Waals surface area contributed by atoms with Crippen LogP contribution in [0.15, 0.2) is 34.7 Å². The molecule has 2 aromatic rings. The van der Waals surface area contributed by atoms with Gasteiger partial charge in [0.25, 0.3) is 10.0 Å². The molecule has 10 heteroatoms. The van der Waals surface area contributed by atoms with Gasteiger partial charge in [-0.1, -0.05) is 6.07 Å². The first kappa shape index (κ1) is 22.7. The van der Waals surface area contributed by atoms with Gasteiger partial charge < -0.3 is 14.8 Å². The molecule has 1 fully saturated rings. The number of piperidine rings is 1. The predicted octanol–water partition coefficient (Wildman–Crippen LogP) is 2.19. The highest BCUT2D eigenvalue weighted by Gasteiger charge is 2.33. The van der Waals surface area contributed by atoms with Crippen LogP contribution in [0.2, 0.25) is 0 Å². The second kappa shape index (κ2) is 10.3. The van der Waals surface area contributed by atoms with Crippen molar-refractivity contribution < 1.29 is 22.7 Å². The van der Waals surface area contributed by atoms with Crippen molar-refractivity contribution in [2.24, 2.45) is 5.92 Å². The topological polar surface area (TPSA) is 97.8 Å². The molecular weight excluding hydrogens is 426 g/mol. The Balaban J connectivity index is 1.53. The Labute approximate surface area is 181 Å². The van der Waals surface area contributed by atoms with Gasteiger partial charge in [0.15, 0.2) is 0 Å². The lowest BCUT2D eigenvalue weighted by atomic mass is 9.99. The highest BCUT2D eigenvalue weighted by atomic mass is 32.2. The summed E-state index contributed by atoms with van der Waals surface area (Å²) in [6, 6.07) is 7.02. The van der Waals surface area contributed by atoms with Gasteiger partial charge in [-0.3, -0.25) is 4.79 Å². The number of ether oxygens (including phenoxy) is 2. The van der Waals surface area contributed by atoms with Gasteiger partial charge in [0.1, 0.15) is 10.8 Å². The van der Waals surface area contributed by atoms with E-state index < -0.39 is 10.0 Å². The third kappa shape index (κ3) is 5.78. The molecule has 1 aliphatic rings. The molecule has 0 saturated carbocycles. The molecule has 1 aliphatic heterocycles. The lowest BCUT2D eigenvalue weighted by Gasteiger charge is -2.30. The molecule has 1 saturated heterocycles. The molecule has 0 bridgehead atoms. The monoisotopic (exact) mass is 453 g/mol. The maximum atomic E-state index is 12.9. The molecule has 0 aromatic carbocycles. The maximum absolute atomic E-state index is 12.9. The quantitative estimate of drug-likeness (QED) is 0.585. The van der Waals surface area contributed by atoms with E-state index in [1.54, 1.807) is 31.5 Å². The number of thiophene rings is 1. The zero-order valence-electron chi connectivity index (χ0n) is 17.2. The van der Waals surface area contributed by atoms with Gasteiger partial charge in [0, 0.05) is 43.9 Å². The van der Waals surface area contributed by atoms with E-state index in [2.05, 4.69) is 10.3 Å². The molecule has 1 N–H and O–H groups in total. The van der Waals surface area contributed by atoms with E-state index in [0.717, 1.165) is 10.4 Å².